The molecule has 1 aliphatic heterocycles. The molecule has 0 bridgehead atoms. The first kappa shape index (κ1) is 19.5. The molecule has 4 aromatic rings. The maximum absolute atomic E-state index is 12.6. The number of aromatic nitrogens is 2. The predicted octanol–water partition coefficient (Wildman–Crippen LogP) is -0.877. The fourth-order valence-corrected chi connectivity index (χ4v) is 3.86. The van der Waals surface area contributed by atoms with E-state index in [1.54, 1.807) is 6.07 Å². The fraction of sp³-hybridized carbons (Fsp3) is 0.190. The number of nitrogens with one attached hydrogen (secondary N) is 3. The molecule has 0 amide bonds. The molecule has 2 aromatic heterocycles. The van der Waals surface area contributed by atoms with Crippen molar-refractivity contribution in [2.45, 2.75) is 13.3 Å². The van der Waals surface area contributed by atoms with Gasteiger partial charge in [-0.25, -0.2) is 9.78 Å². The van der Waals surface area contributed by atoms with Gasteiger partial charge in [-0.1, -0.05) is 23.2 Å². The van der Waals surface area contributed by atoms with Gasteiger partial charge in [0, 0.05) is 11.8 Å². The van der Waals surface area contributed by atoms with Gasteiger partial charge in [0.05, 0.1) is 34.7 Å². The number of halogens is 2. The van der Waals surface area contributed by atoms with Crippen molar-refractivity contribution in [3.05, 3.63) is 63.0 Å². The SMILES string of the molecule is Cc1ccc2oc(=O)c(-c3nc4ccc(C5=[NH+]CCCN5)cc4[nH]3)c(Cl)c2c1.[Cl-]. The predicted molar refractivity (Wildman–Crippen MR) is 110 cm³/mol. The zero-order valence-corrected chi connectivity index (χ0v) is 17.1. The highest BCUT2D eigenvalue weighted by Gasteiger charge is 2.20. The van der Waals surface area contributed by atoms with Crippen LogP contribution in [0.4, 0.5) is 0 Å². The molecule has 3 N–H and O–H groups in total. The normalized spacial score (nSPS) is 13.8. The summed E-state index contributed by atoms with van der Waals surface area (Å²) < 4.78 is 5.47. The van der Waals surface area contributed by atoms with Gasteiger partial charge >= 0.3 is 5.63 Å². The van der Waals surface area contributed by atoms with Gasteiger partial charge in [0.1, 0.15) is 17.0 Å². The topological polar surface area (TPSA) is 84.9 Å². The van der Waals surface area contributed by atoms with Crippen molar-refractivity contribution in [3.63, 3.8) is 0 Å². The molecule has 0 atom stereocenters. The van der Waals surface area contributed by atoms with Gasteiger partial charge in [-0.15, -0.1) is 0 Å². The maximum Gasteiger partial charge on any atom is 0.348 e. The lowest BCUT2D eigenvalue weighted by molar-refractivity contribution is -0.463. The molecule has 3 heterocycles. The second-order valence-electron chi connectivity index (χ2n) is 6.98. The van der Waals surface area contributed by atoms with Crippen LogP contribution in [0.15, 0.2) is 45.6 Å². The molecular weight excluding hydrogens is 411 g/mol. The molecule has 0 radical (unpaired) electrons. The second-order valence-corrected chi connectivity index (χ2v) is 7.36. The number of imidazole rings is 1. The number of aromatic amines is 1. The largest absolute Gasteiger partial charge is 1.00 e. The van der Waals surface area contributed by atoms with Crippen LogP contribution in [-0.2, 0) is 0 Å². The van der Waals surface area contributed by atoms with E-state index in [2.05, 4.69) is 20.3 Å². The first-order chi connectivity index (χ1) is 13.6. The van der Waals surface area contributed by atoms with E-state index in [0.717, 1.165) is 47.5 Å². The molecule has 5 rings (SSSR count). The van der Waals surface area contributed by atoms with Crippen LogP contribution >= 0.6 is 11.6 Å². The zero-order chi connectivity index (χ0) is 19.3. The van der Waals surface area contributed by atoms with E-state index in [9.17, 15) is 4.79 Å². The van der Waals surface area contributed by atoms with E-state index >= 15 is 0 Å². The van der Waals surface area contributed by atoms with Crippen LogP contribution in [0.2, 0.25) is 5.02 Å². The minimum Gasteiger partial charge on any atom is -1.00 e. The quantitative estimate of drug-likeness (QED) is 0.362. The number of hydrogen-bond acceptors (Lipinski definition) is 4. The Morgan fingerprint density at radius 3 is 2.86 bits per heavy atom. The molecule has 0 saturated heterocycles. The fourth-order valence-electron chi connectivity index (χ4n) is 3.55. The van der Waals surface area contributed by atoms with Crippen LogP contribution in [0, 0.1) is 6.92 Å². The van der Waals surface area contributed by atoms with Crippen LogP contribution in [0.25, 0.3) is 33.4 Å². The molecule has 8 heteroatoms. The molecule has 2 aromatic carbocycles. The number of H-pyrrole nitrogens is 1. The highest BCUT2D eigenvalue weighted by Crippen LogP contribution is 2.31. The Morgan fingerprint density at radius 2 is 2.07 bits per heavy atom. The summed E-state index contributed by atoms with van der Waals surface area (Å²) in [5.74, 6) is 1.41. The van der Waals surface area contributed by atoms with Gasteiger partial charge < -0.3 is 21.8 Å². The van der Waals surface area contributed by atoms with Crippen LogP contribution in [0.1, 0.15) is 17.5 Å². The molecule has 1 aliphatic rings. The molecule has 0 aliphatic carbocycles. The monoisotopic (exact) mass is 428 g/mol. The van der Waals surface area contributed by atoms with Crippen molar-refractivity contribution in [1.82, 2.24) is 15.3 Å². The first-order valence-corrected chi connectivity index (χ1v) is 9.56. The number of aryl methyl sites for hydroxylation is 1. The lowest BCUT2D eigenvalue weighted by Crippen LogP contribution is -3.00. The molecule has 0 unspecified atom stereocenters. The third kappa shape index (κ3) is 3.39. The summed E-state index contributed by atoms with van der Waals surface area (Å²) in [5.41, 5.74) is 3.87. The van der Waals surface area contributed by atoms with Gasteiger partial charge in [-0.3, -0.25) is 10.3 Å². The van der Waals surface area contributed by atoms with Crippen LogP contribution in [-0.4, -0.2) is 28.9 Å². The van der Waals surface area contributed by atoms with Gasteiger partial charge in [0.25, 0.3) is 5.84 Å². The lowest BCUT2D eigenvalue weighted by Gasteiger charge is -2.07. The van der Waals surface area contributed by atoms with E-state index in [1.807, 2.05) is 37.3 Å². The third-order valence-electron chi connectivity index (χ3n) is 4.96. The molecule has 0 saturated carbocycles. The minimum atomic E-state index is -0.509. The highest BCUT2D eigenvalue weighted by molar-refractivity contribution is 6.37. The van der Waals surface area contributed by atoms with Crippen molar-refractivity contribution >= 4 is 39.4 Å². The van der Waals surface area contributed by atoms with Gasteiger partial charge in [0.2, 0.25) is 0 Å². The van der Waals surface area contributed by atoms with E-state index in [4.69, 9.17) is 16.0 Å². The highest BCUT2D eigenvalue weighted by atomic mass is 35.5. The Kier molecular flexibility index (Phi) is 5.06. The summed E-state index contributed by atoms with van der Waals surface area (Å²) in [6, 6.07) is 11.5. The van der Waals surface area contributed by atoms with E-state index < -0.39 is 5.63 Å². The minimum absolute atomic E-state index is 0. The summed E-state index contributed by atoms with van der Waals surface area (Å²) in [6.07, 6.45) is 1.09. The third-order valence-corrected chi connectivity index (χ3v) is 5.35. The summed E-state index contributed by atoms with van der Waals surface area (Å²) in [7, 11) is 0. The van der Waals surface area contributed by atoms with Crippen molar-refractivity contribution in [3.8, 4) is 11.4 Å². The first-order valence-electron chi connectivity index (χ1n) is 9.18. The van der Waals surface area contributed by atoms with Crippen LogP contribution in [0.5, 0.6) is 0 Å². The molecule has 29 heavy (non-hydrogen) atoms. The summed E-state index contributed by atoms with van der Waals surface area (Å²) in [4.78, 5) is 23.8. The summed E-state index contributed by atoms with van der Waals surface area (Å²) in [6.45, 7) is 3.86. The van der Waals surface area contributed by atoms with Crippen LogP contribution in [0.3, 0.4) is 0 Å². The average molecular weight is 429 g/mol. The van der Waals surface area contributed by atoms with E-state index in [-0.39, 0.29) is 18.0 Å². The van der Waals surface area contributed by atoms with E-state index in [1.165, 1.54) is 0 Å². The zero-order valence-electron chi connectivity index (χ0n) is 15.6. The van der Waals surface area contributed by atoms with Gasteiger partial charge in [0.15, 0.2) is 0 Å². The number of benzene rings is 2. The Bertz CT molecular complexity index is 1320. The molecule has 148 valence electrons. The van der Waals surface area contributed by atoms with Crippen molar-refractivity contribution < 1.29 is 21.8 Å². The number of nitrogens with zero attached hydrogens (tertiary/aromatic N) is 1. The number of hydrogen-bond donors (Lipinski definition) is 3. The summed E-state index contributed by atoms with van der Waals surface area (Å²) in [5, 5.41) is 4.41. The second kappa shape index (κ2) is 7.54. The van der Waals surface area contributed by atoms with Crippen LogP contribution < -0.4 is 28.3 Å². The smallest absolute Gasteiger partial charge is 0.348 e. The summed E-state index contributed by atoms with van der Waals surface area (Å²) >= 11 is 6.59. The average Bonchev–Trinajstić information content (AvgIpc) is 3.12. The Balaban J connectivity index is 0.00000205. The lowest BCUT2D eigenvalue weighted by atomic mass is 10.1. The van der Waals surface area contributed by atoms with Gasteiger partial charge in [-0.2, -0.15) is 0 Å². The molecule has 0 fully saturated rings. The number of rotatable bonds is 2. The standard InChI is InChI=1S/C21H17ClN4O2.ClH/c1-11-3-6-16-13(9-11)18(22)17(21(27)28-16)20-25-14-5-4-12(10-15(14)26-20)19-23-7-2-8-24-19;/h3-6,9-10H,2,7-8H2,1H3,(H,23,24)(H,25,26);1H. The molecular formula is C21H18Cl2N4O2. The van der Waals surface area contributed by atoms with Crippen molar-refractivity contribution in [2.24, 2.45) is 0 Å². The van der Waals surface area contributed by atoms with Crippen molar-refractivity contribution in [1.29, 1.82) is 0 Å². The maximum atomic E-state index is 12.6. The molecule has 0 spiro atoms. The van der Waals surface area contributed by atoms with E-state index in [0.29, 0.717) is 21.8 Å². The number of fused-ring (bicyclic) bond motifs is 2. The van der Waals surface area contributed by atoms with Crippen molar-refractivity contribution in [2.75, 3.05) is 13.1 Å². The number of amidine groups is 1. The Morgan fingerprint density at radius 1 is 1.21 bits per heavy atom. The van der Waals surface area contributed by atoms with Gasteiger partial charge in [-0.05, 0) is 37.3 Å². The Hall–Kier alpha value is -2.83. The molecule has 6 nitrogen and oxygen atoms in total. The Labute approximate surface area is 177 Å².